The normalized spacial score (nSPS) is 11.4. The minimum atomic E-state index is -0.690. The molecule has 1 aromatic carbocycles. The monoisotopic (exact) mass is 363 g/mol. The Morgan fingerprint density at radius 1 is 1.12 bits per heavy atom. The molecule has 2 aromatic rings. The van der Waals surface area contributed by atoms with Crippen LogP contribution in [0.25, 0.3) is 0 Å². The van der Waals surface area contributed by atoms with Crippen molar-refractivity contribution in [1.82, 2.24) is 5.32 Å². The maximum atomic E-state index is 12.2. The first-order chi connectivity index (χ1) is 12.5. The number of benzene rings is 1. The van der Waals surface area contributed by atoms with Crippen LogP contribution in [0.15, 0.2) is 34.9 Å². The summed E-state index contributed by atoms with van der Waals surface area (Å²) < 4.78 is 25.8. The van der Waals surface area contributed by atoms with Gasteiger partial charge in [0.25, 0.3) is 5.91 Å². The maximum Gasteiger partial charge on any atom is 0.338 e. The van der Waals surface area contributed by atoms with Crippen LogP contribution in [0.1, 0.15) is 29.1 Å². The van der Waals surface area contributed by atoms with Crippen molar-refractivity contribution in [3.8, 4) is 17.2 Å². The third-order valence-corrected chi connectivity index (χ3v) is 3.58. The van der Waals surface area contributed by atoms with E-state index in [4.69, 9.17) is 23.4 Å². The molecular weight excluding hydrogens is 342 g/mol. The Morgan fingerprint density at radius 2 is 1.77 bits per heavy atom. The quantitative estimate of drug-likeness (QED) is 0.719. The molecule has 0 radical (unpaired) electrons. The van der Waals surface area contributed by atoms with Gasteiger partial charge in [0.15, 0.2) is 18.1 Å². The Bertz CT molecular complexity index is 730. The average Bonchev–Trinajstić information content (AvgIpc) is 3.19. The summed E-state index contributed by atoms with van der Waals surface area (Å²) in [5.41, 5.74) is 0.173. The molecule has 0 unspecified atom stereocenters. The van der Waals surface area contributed by atoms with Gasteiger partial charge in [0.1, 0.15) is 5.76 Å². The molecular formula is C18H21NO7. The molecule has 1 atom stereocenters. The first-order valence-corrected chi connectivity index (χ1v) is 7.80. The van der Waals surface area contributed by atoms with Gasteiger partial charge in [0.05, 0.1) is 39.2 Å². The highest BCUT2D eigenvalue weighted by Crippen LogP contribution is 2.38. The van der Waals surface area contributed by atoms with Gasteiger partial charge >= 0.3 is 5.97 Å². The molecule has 0 aliphatic rings. The van der Waals surface area contributed by atoms with E-state index in [-0.39, 0.29) is 11.6 Å². The molecule has 0 spiro atoms. The van der Waals surface area contributed by atoms with Crippen molar-refractivity contribution >= 4 is 11.9 Å². The number of carbonyl (C=O) groups excluding carboxylic acids is 2. The largest absolute Gasteiger partial charge is 0.493 e. The zero-order valence-corrected chi connectivity index (χ0v) is 15.0. The summed E-state index contributed by atoms with van der Waals surface area (Å²) in [6.45, 7) is 1.33. The molecule has 8 nitrogen and oxygen atoms in total. The fourth-order valence-corrected chi connectivity index (χ4v) is 2.31. The Morgan fingerprint density at radius 3 is 2.27 bits per heavy atom. The van der Waals surface area contributed by atoms with Crippen LogP contribution in [-0.2, 0) is 9.53 Å². The highest BCUT2D eigenvalue weighted by Gasteiger charge is 2.19. The van der Waals surface area contributed by atoms with Crippen molar-refractivity contribution in [2.24, 2.45) is 0 Å². The summed E-state index contributed by atoms with van der Waals surface area (Å²) in [7, 11) is 4.34. The third kappa shape index (κ3) is 4.47. The van der Waals surface area contributed by atoms with Crippen LogP contribution in [-0.4, -0.2) is 39.8 Å². The van der Waals surface area contributed by atoms with Crippen LogP contribution in [0.5, 0.6) is 17.2 Å². The standard InChI is InChI=1S/C18H21NO7/c1-11(13-6-5-7-25-13)19-16(20)10-26-18(21)12-8-14(22-2)17(24-4)15(9-12)23-3/h5-9,11H,10H2,1-4H3,(H,19,20)/t11-/m0/s1. The van der Waals surface area contributed by atoms with Crippen LogP contribution < -0.4 is 19.5 Å². The lowest BCUT2D eigenvalue weighted by Crippen LogP contribution is -2.31. The average molecular weight is 363 g/mol. The zero-order chi connectivity index (χ0) is 19.1. The fraction of sp³-hybridized carbons (Fsp3) is 0.333. The zero-order valence-electron chi connectivity index (χ0n) is 15.0. The van der Waals surface area contributed by atoms with Crippen molar-refractivity contribution in [2.75, 3.05) is 27.9 Å². The molecule has 0 aliphatic heterocycles. The minimum Gasteiger partial charge on any atom is -0.493 e. The summed E-state index contributed by atoms with van der Waals surface area (Å²) in [6, 6.07) is 6.03. The maximum absolute atomic E-state index is 12.2. The van der Waals surface area contributed by atoms with Gasteiger partial charge in [-0.2, -0.15) is 0 Å². The van der Waals surface area contributed by atoms with E-state index in [9.17, 15) is 9.59 Å². The molecule has 0 fully saturated rings. The van der Waals surface area contributed by atoms with Gasteiger partial charge < -0.3 is 28.7 Å². The molecule has 1 amide bonds. The molecule has 0 bridgehead atoms. The van der Waals surface area contributed by atoms with E-state index in [2.05, 4.69) is 5.32 Å². The van der Waals surface area contributed by atoms with E-state index in [0.29, 0.717) is 23.0 Å². The Labute approximate surface area is 151 Å². The highest BCUT2D eigenvalue weighted by atomic mass is 16.5. The molecule has 1 heterocycles. The summed E-state index contributed by atoms with van der Waals surface area (Å²) in [5.74, 6) is 0.454. The molecule has 26 heavy (non-hydrogen) atoms. The van der Waals surface area contributed by atoms with Crippen LogP contribution in [0.3, 0.4) is 0 Å². The Kier molecular flexibility index (Phi) is 6.48. The number of nitrogens with one attached hydrogen (secondary N) is 1. The van der Waals surface area contributed by atoms with Gasteiger partial charge in [-0.05, 0) is 31.2 Å². The van der Waals surface area contributed by atoms with Crippen LogP contribution in [0.4, 0.5) is 0 Å². The molecule has 140 valence electrons. The highest BCUT2D eigenvalue weighted by molar-refractivity contribution is 5.92. The summed E-state index contributed by atoms with van der Waals surface area (Å²) >= 11 is 0. The number of esters is 1. The van der Waals surface area contributed by atoms with Crippen LogP contribution in [0, 0.1) is 0 Å². The second-order valence-corrected chi connectivity index (χ2v) is 5.29. The van der Waals surface area contributed by atoms with Gasteiger partial charge in [-0.25, -0.2) is 4.79 Å². The smallest absolute Gasteiger partial charge is 0.338 e. The summed E-state index contributed by atoms with van der Waals surface area (Å²) in [5, 5.41) is 2.67. The molecule has 1 aromatic heterocycles. The van der Waals surface area contributed by atoms with E-state index in [0.717, 1.165) is 0 Å². The van der Waals surface area contributed by atoms with Gasteiger partial charge in [-0.1, -0.05) is 0 Å². The van der Waals surface area contributed by atoms with Crippen molar-refractivity contribution in [1.29, 1.82) is 0 Å². The number of ether oxygens (including phenoxy) is 4. The van der Waals surface area contributed by atoms with E-state index in [1.54, 1.807) is 19.1 Å². The van der Waals surface area contributed by atoms with Gasteiger partial charge in [-0.3, -0.25) is 4.79 Å². The van der Waals surface area contributed by atoms with Gasteiger partial charge in [0, 0.05) is 0 Å². The predicted octanol–water partition coefficient (Wildman–Crippen LogP) is 2.34. The second-order valence-electron chi connectivity index (χ2n) is 5.29. The second kappa shape index (κ2) is 8.80. The van der Waals surface area contributed by atoms with E-state index < -0.39 is 18.5 Å². The molecule has 0 saturated carbocycles. The summed E-state index contributed by atoms with van der Waals surface area (Å²) in [6.07, 6.45) is 1.52. The lowest BCUT2D eigenvalue weighted by atomic mass is 10.2. The number of hydrogen-bond acceptors (Lipinski definition) is 7. The predicted molar refractivity (Wildman–Crippen MR) is 91.6 cm³/mol. The Balaban J connectivity index is 2.00. The van der Waals surface area contributed by atoms with E-state index >= 15 is 0 Å². The number of methoxy groups -OCH3 is 3. The first kappa shape index (κ1) is 19.2. The van der Waals surface area contributed by atoms with Crippen molar-refractivity contribution in [2.45, 2.75) is 13.0 Å². The number of hydrogen-bond donors (Lipinski definition) is 1. The number of rotatable bonds is 8. The minimum absolute atomic E-state index is 0.173. The molecule has 2 rings (SSSR count). The fourth-order valence-electron chi connectivity index (χ4n) is 2.31. The lowest BCUT2D eigenvalue weighted by molar-refractivity contribution is -0.125. The van der Waals surface area contributed by atoms with Crippen molar-refractivity contribution < 1.29 is 33.0 Å². The van der Waals surface area contributed by atoms with E-state index in [1.807, 2.05) is 0 Å². The van der Waals surface area contributed by atoms with Crippen molar-refractivity contribution in [3.63, 3.8) is 0 Å². The number of amides is 1. The van der Waals surface area contributed by atoms with E-state index in [1.165, 1.54) is 39.7 Å². The first-order valence-electron chi connectivity index (χ1n) is 7.80. The van der Waals surface area contributed by atoms with Crippen LogP contribution >= 0.6 is 0 Å². The van der Waals surface area contributed by atoms with Crippen LogP contribution in [0.2, 0.25) is 0 Å². The molecule has 8 heteroatoms. The molecule has 1 N–H and O–H groups in total. The topological polar surface area (TPSA) is 96.2 Å². The SMILES string of the molecule is COc1cc(C(=O)OCC(=O)N[C@@H](C)c2ccco2)cc(OC)c1OC. The van der Waals surface area contributed by atoms with Gasteiger partial charge in [-0.15, -0.1) is 0 Å². The van der Waals surface area contributed by atoms with Gasteiger partial charge in [0.2, 0.25) is 5.75 Å². The molecule has 0 aliphatic carbocycles. The number of carbonyl (C=O) groups is 2. The Hall–Kier alpha value is -3.16. The molecule has 0 saturated heterocycles. The summed E-state index contributed by atoms with van der Waals surface area (Å²) in [4.78, 5) is 24.2. The number of furan rings is 1. The third-order valence-electron chi connectivity index (χ3n) is 3.58. The lowest BCUT2D eigenvalue weighted by Gasteiger charge is -2.14. The van der Waals surface area contributed by atoms with Crippen molar-refractivity contribution in [3.05, 3.63) is 41.9 Å².